The Kier molecular flexibility index (Phi) is 8.63. The van der Waals surface area contributed by atoms with Crippen LogP contribution in [-0.2, 0) is 12.0 Å². The molecule has 0 aromatic heterocycles. The van der Waals surface area contributed by atoms with E-state index in [1.165, 1.54) is 37.9 Å². The highest BCUT2D eigenvalue weighted by atomic mass is 127. The van der Waals surface area contributed by atoms with Gasteiger partial charge in [-0.15, -0.1) is 24.0 Å². The van der Waals surface area contributed by atoms with Crippen LogP contribution in [0, 0.1) is 0 Å². The average molecular weight is 472 g/mol. The Balaban J connectivity index is 0.00000243. The SMILES string of the molecule is CCNC(=NCC1(O)CCc2ccccc21)NCCN1CCCCC1.I. The number of nitrogens with one attached hydrogen (secondary N) is 2. The number of aliphatic hydroxyl groups is 1. The number of benzene rings is 1. The second-order valence-electron chi connectivity index (χ2n) is 7.21. The highest BCUT2D eigenvalue weighted by Crippen LogP contribution is 2.36. The number of fused-ring (bicyclic) bond motifs is 1. The minimum Gasteiger partial charge on any atom is -0.383 e. The predicted octanol–water partition coefficient (Wildman–Crippen LogP) is 2.48. The van der Waals surface area contributed by atoms with Crippen LogP contribution in [0.25, 0.3) is 0 Å². The second kappa shape index (κ2) is 10.5. The van der Waals surface area contributed by atoms with Crippen molar-refractivity contribution in [3.8, 4) is 0 Å². The fraction of sp³-hybridized carbons (Fsp3) is 0.650. The standard InChI is InChI=1S/C20H32N4O.HI/c1-2-21-19(22-12-15-24-13-6-3-7-14-24)23-16-20(25)11-10-17-8-4-5-9-18(17)20;/h4-5,8-9,25H,2-3,6-7,10-16H2,1H3,(H2,21,22,23);1H. The molecule has 0 saturated carbocycles. The first-order valence-corrected chi connectivity index (χ1v) is 9.76. The third-order valence-corrected chi connectivity index (χ3v) is 5.34. The summed E-state index contributed by atoms with van der Waals surface area (Å²) in [6.07, 6.45) is 5.69. The Hall–Kier alpha value is -0.860. The zero-order valence-electron chi connectivity index (χ0n) is 15.8. The number of rotatable bonds is 6. The van der Waals surface area contributed by atoms with Crippen molar-refractivity contribution in [2.24, 2.45) is 4.99 Å². The van der Waals surface area contributed by atoms with Gasteiger partial charge in [0.2, 0.25) is 0 Å². The van der Waals surface area contributed by atoms with E-state index in [-0.39, 0.29) is 24.0 Å². The number of hydrogen-bond acceptors (Lipinski definition) is 3. The van der Waals surface area contributed by atoms with Gasteiger partial charge in [0, 0.05) is 19.6 Å². The van der Waals surface area contributed by atoms with Crippen LogP contribution in [0.1, 0.15) is 43.7 Å². The third-order valence-electron chi connectivity index (χ3n) is 5.34. The quantitative estimate of drug-likeness (QED) is 0.338. The summed E-state index contributed by atoms with van der Waals surface area (Å²) in [5, 5.41) is 17.7. The molecule has 6 heteroatoms. The number of likely N-dealkylation sites (tertiary alicyclic amines) is 1. The lowest BCUT2D eigenvalue weighted by atomic mass is 9.96. The monoisotopic (exact) mass is 472 g/mol. The van der Waals surface area contributed by atoms with Crippen molar-refractivity contribution < 1.29 is 5.11 Å². The normalized spacial score (nSPS) is 23.2. The van der Waals surface area contributed by atoms with Crippen molar-refractivity contribution in [2.75, 3.05) is 39.3 Å². The Labute approximate surface area is 174 Å². The molecule has 1 heterocycles. The fourth-order valence-electron chi connectivity index (χ4n) is 3.90. The van der Waals surface area contributed by atoms with E-state index in [1.54, 1.807) is 0 Å². The van der Waals surface area contributed by atoms with Crippen molar-refractivity contribution in [1.82, 2.24) is 15.5 Å². The van der Waals surface area contributed by atoms with Crippen LogP contribution < -0.4 is 10.6 Å². The van der Waals surface area contributed by atoms with Gasteiger partial charge in [0.25, 0.3) is 0 Å². The topological polar surface area (TPSA) is 59.9 Å². The van der Waals surface area contributed by atoms with Crippen molar-refractivity contribution in [3.05, 3.63) is 35.4 Å². The van der Waals surface area contributed by atoms with Gasteiger partial charge in [-0.3, -0.25) is 0 Å². The highest BCUT2D eigenvalue weighted by Gasteiger charge is 2.36. The van der Waals surface area contributed by atoms with Gasteiger partial charge >= 0.3 is 0 Å². The smallest absolute Gasteiger partial charge is 0.191 e. The van der Waals surface area contributed by atoms with Crippen LogP contribution >= 0.6 is 24.0 Å². The largest absolute Gasteiger partial charge is 0.383 e. The Morgan fingerprint density at radius 2 is 1.96 bits per heavy atom. The zero-order chi connectivity index (χ0) is 17.5. The summed E-state index contributed by atoms with van der Waals surface area (Å²) in [6.45, 7) is 7.67. The molecular formula is C20H33IN4O. The molecule has 1 atom stereocenters. The zero-order valence-corrected chi connectivity index (χ0v) is 18.2. The molecule has 1 aromatic rings. The summed E-state index contributed by atoms with van der Waals surface area (Å²) < 4.78 is 0. The number of guanidine groups is 1. The minimum absolute atomic E-state index is 0. The van der Waals surface area contributed by atoms with Gasteiger partial charge in [-0.05, 0) is 56.8 Å². The van der Waals surface area contributed by atoms with E-state index in [0.717, 1.165) is 44.0 Å². The summed E-state index contributed by atoms with van der Waals surface area (Å²) in [7, 11) is 0. The Morgan fingerprint density at radius 3 is 2.73 bits per heavy atom. The Morgan fingerprint density at radius 1 is 1.19 bits per heavy atom. The molecule has 0 amide bonds. The van der Waals surface area contributed by atoms with Crippen LogP contribution in [0.2, 0.25) is 0 Å². The van der Waals surface area contributed by atoms with Crippen LogP contribution in [0.4, 0.5) is 0 Å². The number of hydrogen-bond donors (Lipinski definition) is 3. The molecule has 3 rings (SSSR count). The van der Waals surface area contributed by atoms with Crippen molar-refractivity contribution in [2.45, 2.75) is 44.6 Å². The second-order valence-corrected chi connectivity index (χ2v) is 7.21. The molecule has 0 radical (unpaired) electrons. The maximum absolute atomic E-state index is 11.0. The minimum atomic E-state index is -0.828. The maximum atomic E-state index is 11.0. The molecule has 2 aliphatic rings. The molecule has 26 heavy (non-hydrogen) atoms. The molecule has 146 valence electrons. The van der Waals surface area contributed by atoms with Crippen LogP contribution in [0.5, 0.6) is 0 Å². The number of aliphatic imine (C=N–C) groups is 1. The molecular weight excluding hydrogens is 439 g/mol. The van der Waals surface area contributed by atoms with Crippen LogP contribution in [-0.4, -0.2) is 55.2 Å². The van der Waals surface area contributed by atoms with Crippen molar-refractivity contribution in [1.29, 1.82) is 0 Å². The lowest BCUT2D eigenvalue weighted by molar-refractivity contribution is 0.0485. The summed E-state index contributed by atoms with van der Waals surface area (Å²) in [6, 6.07) is 8.19. The van der Waals surface area contributed by atoms with Gasteiger partial charge in [-0.1, -0.05) is 30.7 Å². The number of aryl methyl sites for hydroxylation is 1. The summed E-state index contributed by atoms with van der Waals surface area (Å²) in [4.78, 5) is 7.19. The summed E-state index contributed by atoms with van der Waals surface area (Å²) in [5.74, 6) is 0.803. The predicted molar refractivity (Wildman–Crippen MR) is 118 cm³/mol. The third kappa shape index (κ3) is 5.57. The molecule has 0 bridgehead atoms. The molecule has 1 aliphatic carbocycles. The molecule has 5 nitrogen and oxygen atoms in total. The van der Waals surface area contributed by atoms with E-state index in [4.69, 9.17) is 0 Å². The first-order valence-electron chi connectivity index (χ1n) is 9.76. The van der Waals surface area contributed by atoms with E-state index >= 15 is 0 Å². The van der Waals surface area contributed by atoms with Gasteiger partial charge in [0.05, 0.1) is 6.54 Å². The van der Waals surface area contributed by atoms with E-state index in [9.17, 15) is 5.11 Å². The molecule has 0 spiro atoms. The van der Waals surface area contributed by atoms with Crippen molar-refractivity contribution in [3.63, 3.8) is 0 Å². The molecule has 1 fully saturated rings. The van der Waals surface area contributed by atoms with Crippen LogP contribution in [0.15, 0.2) is 29.3 Å². The van der Waals surface area contributed by atoms with Crippen molar-refractivity contribution >= 4 is 29.9 Å². The highest BCUT2D eigenvalue weighted by molar-refractivity contribution is 14.0. The van der Waals surface area contributed by atoms with Gasteiger partial charge in [-0.2, -0.15) is 0 Å². The fourth-order valence-corrected chi connectivity index (χ4v) is 3.90. The molecule has 1 unspecified atom stereocenters. The molecule has 1 aliphatic heterocycles. The maximum Gasteiger partial charge on any atom is 0.191 e. The summed E-state index contributed by atoms with van der Waals surface area (Å²) in [5.41, 5.74) is 1.47. The number of halogens is 1. The summed E-state index contributed by atoms with van der Waals surface area (Å²) >= 11 is 0. The number of nitrogens with zero attached hydrogens (tertiary/aromatic N) is 2. The average Bonchev–Trinajstić information content (AvgIpc) is 2.98. The van der Waals surface area contributed by atoms with Gasteiger partial charge < -0.3 is 20.6 Å². The lowest BCUT2D eigenvalue weighted by Crippen LogP contribution is -2.43. The van der Waals surface area contributed by atoms with E-state index in [0.29, 0.717) is 6.54 Å². The van der Waals surface area contributed by atoms with E-state index in [1.807, 2.05) is 18.2 Å². The van der Waals surface area contributed by atoms with Crippen LogP contribution in [0.3, 0.4) is 0 Å². The molecule has 1 aromatic carbocycles. The van der Waals surface area contributed by atoms with Gasteiger partial charge in [0.1, 0.15) is 5.60 Å². The van der Waals surface area contributed by atoms with Gasteiger partial charge in [-0.25, -0.2) is 4.99 Å². The van der Waals surface area contributed by atoms with E-state index < -0.39 is 5.60 Å². The first-order chi connectivity index (χ1) is 12.2. The first kappa shape index (κ1) is 21.4. The molecule has 3 N–H and O–H groups in total. The lowest BCUT2D eigenvalue weighted by Gasteiger charge is -2.27. The Bertz CT molecular complexity index is 589. The number of piperidine rings is 1. The molecule has 1 saturated heterocycles. The van der Waals surface area contributed by atoms with E-state index in [2.05, 4.69) is 33.5 Å². The van der Waals surface area contributed by atoms with Gasteiger partial charge in [0.15, 0.2) is 5.96 Å².